The van der Waals surface area contributed by atoms with E-state index in [9.17, 15) is 14.7 Å². The van der Waals surface area contributed by atoms with Crippen LogP contribution in [0.1, 0.15) is 36.1 Å². The first-order valence-electron chi connectivity index (χ1n) is 10.0. The molecule has 7 heteroatoms. The minimum atomic E-state index is -0.761. The van der Waals surface area contributed by atoms with Gasteiger partial charge in [-0.3, -0.25) is 14.5 Å². The highest BCUT2D eigenvalue weighted by atomic mass is 32.1. The van der Waals surface area contributed by atoms with Crippen molar-refractivity contribution in [1.82, 2.24) is 4.98 Å². The number of amides is 1. The van der Waals surface area contributed by atoms with Crippen LogP contribution in [0, 0.1) is 6.92 Å². The summed E-state index contributed by atoms with van der Waals surface area (Å²) in [6, 6.07) is 13.6. The zero-order valence-corrected chi connectivity index (χ0v) is 18.1. The van der Waals surface area contributed by atoms with E-state index in [1.165, 1.54) is 16.2 Å². The van der Waals surface area contributed by atoms with E-state index < -0.39 is 17.7 Å². The van der Waals surface area contributed by atoms with Crippen LogP contribution >= 0.6 is 11.3 Å². The molecule has 4 rings (SSSR count). The topological polar surface area (TPSA) is 79.7 Å². The monoisotopic (exact) mass is 434 g/mol. The fourth-order valence-electron chi connectivity index (χ4n) is 3.51. The lowest BCUT2D eigenvalue weighted by Gasteiger charge is -2.23. The van der Waals surface area contributed by atoms with Crippen LogP contribution in [-0.2, 0) is 9.59 Å². The largest absolute Gasteiger partial charge is 0.507 e. The highest BCUT2D eigenvalue weighted by Gasteiger charge is 2.47. The van der Waals surface area contributed by atoms with E-state index in [0.29, 0.717) is 23.1 Å². The molecule has 0 bridgehead atoms. The summed E-state index contributed by atoms with van der Waals surface area (Å²) >= 11 is 1.27. The molecule has 1 aliphatic heterocycles. The second-order valence-corrected chi connectivity index (χ2v) is 8.14. The fraction of sp³-hybridized carbons (Fsp3) is 0.208. The van der Waals surface area contributed by atoms with Crippen molar-refractivity contribution in [2.45, 2.75) is 26.3 Å². The average Bonchev–Trinajstić information content (AvgIpc) is 3.40. The van der Waals surface area contributed by atoms with Crippen LogP contribution in [0.3, 0.4) is 0 Å². The number of aliphatic hydroxyl groups excluding tert-OH is 1. The molecule has 6 nitrogen and oxygen atoms in total. The Bertz CT molecular complexity index is 1120. The fourth-order valence-corrected chi connectivity index (χ4v) is 4.18. The number of rotatable bonds is 6. The maximum absolute atomic E-state index is 13.0. The predicted molar refractivity (Wildman–Crippen MR) is 120 cm³/mol. The summed E-state index contributed by atoms with van der Waals surface area (Å²) in [4.78, 5) is 31.6. The molecule has 2 aromatic carbocycles. The number of ketones is 1. The van der Waals surface area contributed by atoms with Crippen LogP contribution in [-0.4, -0.2) is 28.4 Å². The van der Waals surface area contributed by atoms with Crippen molar-refractivity contribution in [3.63, 3.8) is 0 Å². The highest BCUT2D eigenvalue weighted by molar-refractivity contribution is 7.14. The summed E-state index contributed by atoms with van der Waals surface area (Å²) in [6.45, 7) is 4.58. The van der Waals surface area contributed by atoms with E-state index in [2.05, 4.69) is 4.98 Å². The number of aryl methyl sites for hydroxylation is 1. The van der Waals surface area contributed by atoms with Gasteiger partial charge in [-0.05, 0) is 43.2 Å². The van der Waals surface area contributed by atoms with Crippen LogP contribution in [0.2, 0.25) is 0 Å². The molecule has 1 unspecified atom stereocenters. The number of anilines is 1. The third-order valence-electron chi connectivity index (χ3n) is 5.06. The molecule has 158 valence electrons. The zero-order valence-electron chi connectivity index (χ0n) is 17.2. The molecule has 3 aromatic rings. The van der Waals surface area contributed by atoms with E-state index in [1.54, 1.807) is 35.8 Å². The first-order valence-corrected chi connectivity index (χ1v) is 10.9. The number of carbonyl (C=O) groups is 2. The number of Topliss-reactive ketones (excluding diaryl/α,β-unsaturated/α-hetero) is 1. The first kappa shape index (κ1) is 20.8. The van der Waals surface area contributed by atoms with E-state index in [-0.39, 0.29) is 11.3 Å². The van der Waals surface area contributed by atoms with Crippen LogP contribution < -0.4 is 9.64 Å². The lowest BCUT2D eigenvalue weighted by Crippen LogP contribution is -2.29. The molecule has 1 fully saturated rings. The SMILES string of the molecule is CCCOc1ccc(C(O)=C2C(=O)C(=O)N(c3nccs3)C2c2ccc(C)cc2)cc1. The lowest BCUT2D eigenvalue weighted by atomic mass is 9.95. The van der Waals surface area contributed by atoms with Gasteiger partial charge in [-0.15, -0.1) is 11.3 Å². The maximum Gasteiger partial charge on any atom is 0.301 e. The standard InChI is InChI=1S/C24H22N2O4S/c1-3-13-30-18-10-8-17(9-11-18)21(27)19-20(16-6-4-15(2)5-7-16)26(23(29)22(19)28)24-25-12-14-31-24/h4-12,14,20,27H,3,13H2,1-2H3. The molecule has 1 atom stereocenters. The Hall–Kier alpha value is -3.45. The highest BCUT2D eigenvalue weighted by Crippen LogP contribution is 2.42. The Morgan fingerprint density at radius 2 is 1.84 bits per heavy atom. The Kier molecular flexibility index (Phi) is 5.86. The van der Waals surface area contributed by atoms with Gasteiger partial charge < -0.3 is 9.84 Å². The van der Waals surface area contributed by atoms with Gasteiger partial charge in [0.05, 0.1) is 18.2 Å². The lowest BCUT2D eigenvalue weighted by molar-refractivity contribution is -0.132. The molecule has 1 aliphatic rings. The Balaban J connectivity index is 1.82. The molecular weight excluding hydrogens is 412 g/mol. The molecule has 1 N–H and O–H groups in total. The van der Waals surface area contributed by atoms with Gasteiger partial charge in [0.1, 0.15) is 11.5 Å². The van der Waals surface area contributed by atoms with Gasteiger partial charge in [-0.2, -0.15) is 0 Å². The summed E-state index contributed by atoms with van der Waals surface area (Å²) in [5.74, 6) is -0.976. The molecule has 1 amide bonds. The normalized spacial score (nSPS) is 17.9. The molecule has 0 radical (unpaired) electrons. The predicted octanol–water partition coefficient (Wildman–Crippen LogP) is 4.87. The molecule has 0 saturated carbocycles. The number of hydrogen-bond acceptors (Lipinski definition) is 6. The second kappa shape index (κ2) is 8.73. The molecular formula is C24H22N2O4S. The number of carbonyl (C=O) groups excluding carboxylic acids is 2. The number of hydrogen-bond donors (Lipinski definition) is 1. The van der Waals surface area contributed by atoms with Crippen molar-refractivity contribution < 1.29 is 19.4 Å². The minimum absolute atomic E-state index is 0.0475. The van der Waals surface area contributed by atoms with E-state index in [0.717, 1.165) is 17.5 Å². The summed E-state index contributed by atoms with van der Waals surface area (Å²) in [5.41, 5.74) is 2.27. The molecule has 0 spiro atoms. The van der Waals surface area contributed by atoms with Crippen LogP contribution in [0.25, 0.3) is 5.76 Å². The Morgan fingerprint density at radius 3 is 2.45 bits per heavy atom. The molecule has 1 aromatic heterocycles. The van der Waals surface area contributed by atoms with Gasteiger partial charge in [0.15, 0.2) is 5.13 Å². The molecule has 31 heavy (non-hydrogen) atoms. The van der Waals surface area contributed by atoms with Gasteiger partial charge >= 0.3 is 5.91 Å². The minimum Gasteiger partial charge on any atom is -0.507 e. The molecule has 0 aliphatic carbocycles. The van der Waals surface area contributed by atoms with Gasteiger partial charge in [0.25, 0.3) is 5.78 Å². The third-order valence-corrected chi connectivity index (χ3v) is 5.83. The number of thiazole rings is 1. The van der Waals surface area contributed by atoms with E-state index in [4.69, 9.17) is 4.74 Å². The van der Waals surface area contributed by atoms with Crippen LogP contribution in [0.4, 0.5) is 5.13 Å². The van der Waals surface area contributed by atoms with Gasteiger partial charge in [0.2, 0.25) is 0 Å². The third kappa shape index (κ3) is 3.96. The second-order valence-electron chi connectivity index (χ2n) is 7.27. The number of aliphatic hydroxyl groups is 1. The van der Waals surface area contributed by atoms with Gasteiger partial charge in [-0.25, -0.2) is 4.98 Å². The Morgan fingerprint density at radius 1 is 1.13 bits per heavy atom. The molecule has 2 heterocycles. The van der Waals surface area contributed by atoms with Crippen molar-refractivity contribution in [3.05, 3.63) is 82.4 Å². The van der Waals surface area contributed by atoms with Crippen LogP contribution in [0.5, 0.6) is 5.75 Å². The van der Waals surface area contributed by atoms with Crippen molar-refractivity contribution in [2.24, 2.45) is 0 Å². The van der Waals surface area contributed by atoms with E-state index in [1.807, 2.05) is 38.1 Å². The van der Waals surface area contributed by atoms with Crippen molar-refractivity contribution in [1.29, 1.82) is 0 Å². The quantitative estimate of drug-likeness (QED) is 0.340. The number of aromatic nitrogens is 1. The number of ether oxygens (including phenoxy) is 1. The first-order chi connectivity index (χ1) is 15.0. The summed E-state index contributed by atoms with van der Waals surface area (Å²) in [5, 5.41) is 13.3. The number of benzene rings is 2. The smallest absolute Gasteiger partial charge is 0.301 e. The van der Waals surface area contributed by atoms with E-state index >= 15 is 0 Å². The van der Waals surface area contributed by atoms with Gasteiger partial charge in [-0.1, -0.05) is 36.8 Å². The van der Waals surface area contributed by atoms with Crippen molar-refractivity contribution in [3.8, 4) is 5.75 Å². The van der Waals surface area contributed by atoms with Gasteiger partial charge in [0, 0.05) is 17.1 Å². The zero-order chi connectivity index (χ0) is 22.0. The summed E-state index contributed by atoms with van der Waals surface area (Å²) in [6.07, 6.45) is 2.47. The Labute approximate surface area is 184 Å². The number of nitrogens with zero attached hydrogens (tertiary/aromatic N) is 2. The summed E-state index contributed by atoms with van der Waals surface area (Å²) in [7, 11) is 0. The van der Waals surface area contributed by atoms with Crippen molar-refractivity contribution >= 4 is 33.9 Å². The maximum atomic E-state index is 13.0. The summed E-state index contributed by atoms with van der Waals surface area (Å²) < 4.78 is 5.59. The molecule has 1 saturated heterocycles. The van der Waals surface area contributed by atoms with Crippen molar-refractivity contribution in [2.75, 3.05) is 11.5 Å². The van der Waals surface area contributed by atoms with Crippen LogP contribution in [0.15, 0.2) is 65.7 Å². The average molecular weight is 435 g/mol.